The van der Waals surface area contributed by atoms with Crippen molar-refractivity contribution in [3.05, 3.63) is 83.5 Å². The molecule has 0 bridgehead atoms. The third kappa shape index (κ3) is 4.98. The van der Waals surface area contributed by atoms with Gasteiger partial charge in [-0.1, -0.05) is 38.1 Å². The summed E-state index contributed by atoms with van der Waals surface area (Å²) in [7, 11) is 0. The quantitative estimate of drug-likeness (QED) is 0.519. The summed E-state index contributed by atoms with van der Waals surface area (Å²) in [6.07, 6.45) is -1.77. The van der Waals surface area contributed by atoms with Crippen molar-refractivity contribution in [1.82, 2.24) is 20.4 Å². The van der Waals surface area contributed by atoms with Gasteiger partial charge >= 0.3 is 12.2 Å². The minimum Gasteiger partial charge on any atom is -0.467 e. The summed E-state index contributed by atoms with van der Waals surface area (Å²) in [4.78, 5) is 42.6. The number of alkyl halides is 3. The lowest BCUT2D eigenvalue weighted by molar-refractivity contribution is -0.139. The highest BCUT2D eigenvalue weighted by Crippen LogP contribution is 2.42. The predicted molar refractivity (Wildman–Crippen MR) is 128 cm³/mol. The number of furan rings is 1. The molecule has 2 N–H and O–H groups in total. The first-order valence-corrected chi connectivity index (χ1v) is 11.7. The minimum atomic E-state index is -4.70. The van der Waals surface area contributed by atoms with E-state index in [0.717, 1.165) is 6.07 Å². The average Bonchev–Trinajstić information content (AvgIpc) is 3.47. The molecule has 0 unspecified atom stereocenters. The molecule has 0 radical (unpaired) electrons. The number of carbonyl (C=O) groups excluding carboxylic acids is 3. The van der Waals surface area contributed by atoms with Crippen LogP contribution in [0.2, 0.25) is 0 Å². The Kier molecular flexibility index (Phi) is 7.15. The van der Waals surface area contributed by atoms with Gasteiger partial charge in [0.1, 0.15) is 11.8 Å². The molecule has 4 amide bonds. The van der Waals surface area contributed by atoms with Crippen molar-refractivity contribution in [2.75, 3.05) is 13.1 Å². The van der Waals surface area contributed by atoms with Gasteiger partial charge in [0.15, 0.2) is 0 Å². The zero-order valence-corrected chi connectivity index (χ0v) is 20.3. The van der Waals surface area contributed by atoms with Gasteiger partial charge in [-0.15, -0.1) is 6.58 Å². The molecule has 11 heteroatoms. The first-order valence-electron chi connectivity index (χ1n) is 11.7. The fourth-order valence-electron chi connectivity index (χ4n) is 4.80. The highest BCUT2D eigenvalue weighted by molar-refractivity contribution is 6.03. The van der Waals surface area contributed by atoms with Gasteiger partial charge in [0.2, 0.25) is 5.91 Å². The van der Waals surface area contributed by atoms with Crippen LogP contribution in [0.1, 0.15) is 36.8 Å². The van der Waals surface area contributed by atoms with Crippen molar-refractivity contribution < 1.29 is 32.0 Å². The van der Waals surface area contributed by atoms with E-state index in [4.69, 9.17) is 4.42 Å². The van der Waals surface area contributed by atoms with Crippen LogP contribution in [0.5, 0.6) is 0 Å². The largest absolute Gasteiger partial charge is 0.467 e. The second kappa shape index (κ2) is 10.2. The van der Waals surface area contributed by atoms with E-state index >= 15 is 0 Å². The van der Waals surface area contributed by atoms with Crippen molar-refractivity contribution in [1.29, 1.82) is 0 Å². The first kappa shape index (κ1) is 26.1. The number of nitrogens with zero attached hydrogens (tertiary/aromatic N) is 2. The number of amides is 4. The molecular formula is C26H27F3N4O4. The lowest BCUT2D eigenvalue weighted by atomic mass is 9.91. The van der Waals surface area contributed by atoms with Crippen molar-refractivity contribution in [3.63, 3.8) is 0 Å². The molecule has 0 saturated heterocycles. The van der Waals surface area contributed by atoms with E-state index in [9.17, 15) is 27.6 Å². The summed E-state index contributed by atoms with van der Waals surface area (Å²) in [6, 6.07) is 5.27. The Morgan fingerprint density at radius 2 is 1.97 bits per heavy atom. The lowest BCUT2D eigenvalue weighted by Crippen LogP contribution is -2.51. The van der Waals surface area contributed by atoms with E-state index < -0.39 is 41.7 Å². The van der Waals surface area contributed by atoms with E-state index in [-0.39, 0.29) is 42.4 Å². The molecule has 1 aromatic carbocycles. The molecule has 2 aliphatic heterocycles. The SMILES string of the molecule is C=CCN1C(=O)N[C@@H](c2ccccc2C(F)(F)F)C2=C1CN([C@@H](C(=O)NCc1ccco1)C(C)C)C2=O. The van der Waals surface area contributed by atoms with Crippen LogP contribution < -0.4 is 10.6 Å². The molecule has 8 nitrogen and oxygen atoms in total. The lowest BCUT2D eigenvalue weighted by Gasteiger charge is -2.33. The number of hydrogen-bond donors (Lipinski definition) is 2. The Morgan fingerprint density at radius 1 is 1.24 bits per heavy atom. The number of urea groups is 1. The Balaban J connectivity index is 1.72. The number of benzene rings is 1. The fraction of sp³-hybridized carbons (Fsp3) is 0.346. The summed E-state index contributed by atoms with van der Waals surface area (Å²) < 4.78 is 46.8. The van der Waals surface area contributed by atoms with Crippen LogP contribution in [0.4, 0.5) is 18.0 Å². The monoisotopic (exact) mass is 516 g/mol. The number of carbonyl (C=O) groups is 3. The Labute approximate surface area is 211 Å². The third-order valence-corrected chi connectivity index (χ3v) is 6.39. The van der Waals surface area contributed by atoms with E-state index in [1.165, 1.54) is 40.3 Å². The van der Waals surface area contributed by atoms with Gasteiger partial charge in [-0.25, -0.2) is 4.79 Å². The van der Waals surface area contributed by atoms with E-state index in [0.29, 0.717) is 5.76 Å². The molecule has 2 aromatic rings. The smallest absolute Gasteiger partial charge is 0.416 e. The normalized spacial score (nSPS) is 18.7. The fourth-order valence-corrected chi connectivity index (χ4v) is 4.80. The number of nitrogens with one attached hydrogen (secondary N) is 2. The Hall–Kier alpha value is -4.02. The Morgan fingerprint density at radius 3 is 2.59 bits per heavy atom. The van der Waals surface area contributed by atoms with Gasteiger partial charge in [0, 0.05) is 6.54 Å². The molecule has 37 heavy (non-hydrogen) atoms. The van der Waals surface area contributed by atoms with Crippen molar-refractivity contribution in [2.45, 2.75) is 38.7 Å². The predicted octanol–water partition coefficient (Wildman–Crippen LogP) is 3.99. The second-order valence-corrected chi connectivity index (χ2v) is 9.15. The maximum absolute atomic E-state index is 13.8. The van der Waals surface area contributed by atoms with Crippen LogP contribution in [-0.4, -0.2) is 46.8 Å². The van der Waals surface area contributed by atoms with Crippen molar-refractivity contribution >= 4 is 17.8 Å². The minimum absolute atomic E-state index is 0.00244. The van der Waals surface area contributed by atoms with Crippen LogP contribution in [0, 0.1) is 5.92 Å². The summed E-state index contributed by atoms with van der Waals surface area (Å²) in [5.74, 6) is -0.865. The zero-order valence-electron chi connectivity index (χ0n) is 20.3. The molecule has 1 aromatic heterocycles. The van der Waals surface area contributed by atoms with Crippen molar-refractivity contribution in [2.24, 2.45) is 5.92 Å². The number of halogens is 3. The van der Waals surface area contributed by atoms with Crippen LogP contribution in [0.25, 0.3) is 0 Å². The zero-order chi connectivity index (χ0) is 26.9. The van der Waals surface area contributed by atoms with Gasteiger partial charge < -0.3 is 20.0 Å². The molecule has 196 valence electrons. The summed E-state index contributed by atoms with van der Waals surface area (Å²) in [5.41, 5.74) is -0.942. The van der Waals surface area contributed by atoms with Gasteiger partial charge in [-0.2, -0.15) is 13.2 Å². The standard InChI is InChI=1S/C26H27F3N4O4/c1-4-11-32-19-14-33(22(15(2)3)23(34)30-13-16-8-7-12-37-16)24(35)20(19)21(31-25(32)36)17-9-5-6-10-18(17)26(27,28)29/h4-10,12,15,21-22H,1,11,13-14H2,2-3H3,(H,30,34)(H,31,36)/t21-,22+/m0/s1. The van der Waals surface area contributed by atoms with Crippen LogP contribution >= 0.6 is 0 Å². The van der Waals surface area contributed by atoms with E-state index in [2.05, 4.69) is 17.2 Å². The van der Waals surface area contributed by atoms with Gasteiger partial charge in [-0.3, -0.25) is 14.5 Å². The van der Waals surface area contributed by atoms with E-state index in [1.54, 1.807) is 26.0 Å². The topological polar surface area (TPSA) is 94.9 Å². The van der Waals surface area contributed by atoms with Gasteiger partial charge in [-0.05, 0) is 29.7 Å². The average molecular weight is 517 g/mol. The third-order valence-electron chi connectivity index (χ3n) is 6.39. The maximum atomic E-state index is 13.8. The molecule has 0 fully saturated rings. The van der Waals surface area contributed by atoms with Gasteiger partial charge in [0.25, 0.3) is 5.91 Å². The van der Waals surface area contributed by atoms with Crippen LogP contribution in [0.3, 0.4) is 0 Å². The first-order chi connectivity index (χ1) is 17.5. The number of rotatable bonds is 8. The van der Waals surface area contributed by atoms with Crippen LogP contribution in [-0.2, 0) is 22.3 Å². The second-order valence-electron chi connectivity index (χ2n) is 9.15. The molecule has 0 aliphatic carbocycles. The summed E-state index contributed by atoms with van der Waals surface area (Å²) in [6.45, 7) is 7.20. The molecule has 0 spiro atoms. The molecule has 2 atom stereocenters. The summed E-state index contributed by atoms with van der Waals surface area (Å²) >= 11 is 0. The maximum Gasteiger partial charge on any atom is 0.416 e. The molecule has 0 saturated carbocycles. The molecule has 4 rings (SSSR count). The number of hydrogen-bond acceptors (Lipinski definition) is 4. The molecule has 2 aliphatic rings. The highest BCUT2D eigenvalue weighted by Gasteiger charge is 2.49. The molecule has 3 heterocycles. The molecular weight excluding hydrogens is 489 g/mol. The van der Waals surface area contributed by atoms with Crippen LogP contribution in [0.15, 0.2) is 71.0 Å². The summed E-state index contributed by atoms with van der Waals surface area (Å²) in [5, 5.41) is 5.32. The highest BCUT2D eigenvalue weighted by atomic mass is 19.4. The van der Waals surface area contributed by atoms with Gasteiger partial charge in [0.05, 0.1) is 42.2 Å². The van der Waals surface area contributed by atoms with Crippen molar-refractivity contribution in [3.8, 4) is 0 Å². The van der Waals surface area contributed by atoms with E-state index in [1.807, 2.05) is 0 Å². The Bertz CT molecular complexity index is 1240.